The van der Waals surface area contributed by atoms with Crippen molar-refractivity contribution < 1.29 is 4.79 Å². The fourth-order valence-electron chi connectivity index (χ4n) is 2.74. The Morgan fingerprint density at radius 3 is 2.41 bits per heavy atom. The van der Waals surface area contributed by atoms with Gasteiger partial charge >= 0.3 is 0 Å². The molecule has 0 bridgehead atoms. The minimum Gasteiger partial charge on any atom is -0.360 e. The van der Waals surface area contributed by atoms with E-state index in [2.05, 4.69) is 18.3 Å². The van der Waals surface area contributed by atoms with E-state index in [1.165, 1.54) is 6.20 Å². The summed E-state index contributed by atoms with van der Waals surface area (Å²) in [4.78, 5) is 14.2. The molecule has 1 saturated heterocycles. The summed E-state index contributed by atoms with van der Waals surface area (Å²) in [6.07, 6.45) is 3.54. The first-order valence-electron chi connectivity index (χ1n) is 7.74. The Labute approximate surface area is 132 Å². The molecule has 1 fully saturated rings. The molecule has 2 rings (SSSR count). The van der Waals surface area contributed by atoms with Crippen LogP contribution in [0.25, 0.3) is 0 Å². The Morgan fingerprint density at radius 2 is 1.86 bits per heavy atom. The quantitative estimate of drug-likeness (QED) is 0.687. The zero-order valence-corrected chi connectivity index (χ0v) is 13.5. The van der Waals surface area contributed by atoms with Crippen molar-refractivity contribution in [2.24, 2.45) is 5.92 Å². The Kier molecular flexibility index (Phi) is 5.21. The van der Waals surface area contributed by atoms with Crippen LogP contribution in [0, 0.1) is 31.1 Å². The first-order chi connectivity index (χ1) is 10.5. The predicted molar refractivity (Wildman–Crippen MR) is 88.2 cm³/mol. The molecule has 1 heterocycles. The van der Waals surface area contributed by atoms with Gasteiger partial charge in [0.25, 0.3) is 5.91 Å². The molecule has 1 aliphatic heterocycles. The van der Waals surface area contributed by atoms with Gasteiger partial charge in [0.15, 0.2) is 0 Å². The van der Waals surface area contributed by atoms with Gasteiger partial charge in [0.05, 0.1) is 0 Å². The molecule has 1 aromatic rings. The average Bonchev–Trinajstić information content (AvgIpc) is 2.47. The lowest BCUT2D eigenvalue weighted by atomic mass is 9.99. The molecule has 0 atom stereocenters. The summed E-state index contributed by atoms with van der Waals surface area (Å²) < 4.78 is 0. The topological polar surface area (TPSA) is 56.1 Å². The van der Waals surface area contributed by atoms with Crippen molar-refractivity contribution in [3.63, 3.8) is 0 Å². The number of benzene rings is 1. The second-order valence-corrected chi connectivity index (χ2v) is 6.17. The number of piperidine rings is 1. The average molecular weight is 297 g/mol. The van der Waals surface area contributed by atoms with E-state index in [1.54, 1.807) is 4.90 Å². The summed E-state index contributed by atoms with van der Waals surface area (Å²) in [7, 11) is 0. The number of carbonyl (C=O) groups excluding carboxylic acids is 1. The molecule has 1 aliphatic rings. The van der Waals surface area contributed by atoms with Crippen molar-refractivity contribution in [3.8, 4) is 6.07 Å². The normalized spacial score (nSPS) is 16.3. The number of hydrogen-bond acceptors (Lipinski definition) is 3. The van der Waals surface area contributed by atoms with E-state index in [4.69, 9.17) is 0 Å². The van der Waals surface area contributed by atoms with Crippen molar-refractivity contribution in [2.45, 2.75) is 33.6 Å². The minimum absolute atomic E-state index is 0.161. The van der Waals surface area contributed by atoms with Crippen LogP contribution in [0.4, 0.5) is 5.69 Å². The Balaban J connectivity index is 2.07. The minimum atomic E-state index is -0.175. The van der Waals surface area contributed by atoms with Gasteiger partial charge in [0.1, 0.15) is 11.6 Å². The van der Waals surface area contributed by atoms with Crippen LogP contribution in [0.1, 0.15) is 30.9 Å². The zero-order chi connectivity index (χ0) is 16.1. The van der Waals surface area contributed by atoms with Gasteiger partial charge in [-0.1, -0.05) is 13.0 Å². The van der Waals surface area contributed by atoms with Gasteiger partial charge in [-0.05, 0) is 55.9 Å². The van der Waals surface area contributed by atoms with Gasteiger partial charge < -0.3 is 10.2 Å². The molecule has 1 N–H and O–H groups in total. The molecular formula is C18H23N3O. The lowest BCUT2D eigenvalue weighted by Gasteiger charge is -2.30. The smallest absolute Gasteiger partial charge is 0.266 e. The molecule has 1 amide bonds. The Morgan fingerprint density at radius 1 is 1.27 bits per heavy atom. The maximum Gasteiger partial charge on any atom is 0.266 e. The van der Waals surface area contributed by atoms with Crippen LogP contribution in [0.15, 0.2) is 30.0 Å². The van der Waals surface area contributed by atoms with Gasteiger partial charge in [-0.15, -0.1) is 0 Å². The summed E-state index contributed by atoms with van der Waals surface area (Å²) in [5.74, 6) is 0.484. The molecule has 0 aromatic heterocycles. The van der Waals surface area contributed by atoms with Gasteiger partial charge in [0.2, 0.25) is 0 Å². The summed E-state index contributed by atoms with van der Waals surface area (Å²) in [6.45, 7) is 7.72. The number of rotatable bonds is 3. The number of carbonyl (C=O) groups is 1. The van der Waals surface area contributed by atoms with Gasteiger partial charge in [0, 0.05) is 25.0 Å². The highest BCUT2D eigenvalue weighted by Crippen LogP contribution is 2.18. The summed E-state index contributed by atoms with van der Waals surface area (Å²) in [5.41, 5.74) is 3.34. The summed E-state index contributed by atoms with van der Waals surface area (Å²) in [5, 5.41) is 12.3. The monoisotopic (exact) mass is 297 g/mol. The van der Waals surface area contributed by atoms with Crippen LogP contribution in [0.3, 0.4) is 0 Å². The molecule has 0 aliphatic carbocycles. The van der Waals surface area contributed by atoms with E-state index in [0.29, 0.717) is 5.92 Å². The lowest BCUT2D eigenvalue weighted by Crippen LogP contribution is -2.38. The van der Waals surface area contributed by atoms with Crippen LogP contribution in [-0.4, -0.2) is 23.9 Å². The third-order valence-electron chi connectivity index (χ3n) is 4.03. The largest absolute Gasteiger partial charge is 0.360 e. The molecule has 0 unspecified atom stereocenters. The third kappa shape index (κ3) is 4.11. The number of anilines is 1. The van der Waals surface area contributed by atoms with Crippen molar-refractivity contribution in [1.29, 1.82) is 5.26 Å². The van der Waals surface area contributed by atoms with Gasteiger partial charge in [-0.3, -0.25) is 4.79 Å². The lowest BCUT2D eigenvalue weighted by molar-refractivity contribution is -0.128. The highest BCUT2D eigenvalue weighted by atomic mass is 16.2. The van der Waals surface area contributed by atoms with Crippen LogP contribution in [0.2, 0.25) is 0 Å². The summed E-state index contributed by atoms with van der Waals surface area (Å²) in [6, 6.07) is 8.08. The van der Waals surface area contributed by atoms with Crippen LogP contribution in [0.5, 0.6) is 0 Å². The molecule has 0 radical (unpaired) electrons. The molecule has 22 heavy (non-hydrogen) atoms. The second kappa shape index (κ2) is 7.13. The molecule has 0 saturated carbocycles. The first-order valence-corrected chi connectivity index (χ1v) is 7.74. The molecule has 1 aromatic carbocycles. The number of aryl methyl sites for hydroxylation is 2. The standard InChI is InChI=1S/C18H23N3O/c1-13-4-6-21(7-5-13)18(22)16(11-19)12-20-17-9-14(2)8-15(3)10-17/h8-10,12-13,20H,4-7H2,1-3H3/b16-12-. The maximum absolute atomic E-state index is 12.4. The number of amides is 1. The van der Waals surface area contributed by atoms with E-state index in [1.807, 2.05) is 32.0 Å². The molecular weight excluding hydrogens is 274 g/mol. The number of nitrogens with one attached hydrogen (secondary N) is 1. The summed E-state index contributed by atoms with van der Waals surface area (Å²) >= 11 is 0. The van der Waals surface area contributed by atoms with Crippen LogP contribution in [-0.2, 0) is 4.79 Å². The highest BCUT2D eigenvalue weighted by molar-refractivity contribution is 5.97. The van der Waals surface area contributed by atoms with Gasteiger partial charge in [-0.2, -0.15) is 5.26 Å². The SMILES string of the molecule is Cc1cc(C)cc(N/C=C(/C#N)C(=O)N2CCC(C)CC2)c1. The van der Waals surface area contributed by atoms with Crippen molar-refractivity contribution in [3.05, 3.63) is 41.1 Å². The van der Waals surface area contributed by atoms with Gasteiger partial charge in [-0.25, -0.2) is 0 Å². The van der Waals surface area contributed by atoms with E-state index in [9.17, 15) is 10.1 Å². The zero-order valence-electron chi connectivity index (χ0n) is 13.5. The second-order valence-electron chi connectivity index (χ2n) is 6.17. The van der Waals surface area contributed by atoms with Crippen LogP contribution < -0.4 is 5.32 Å². The van der Waals surface area contributed by atoms with Crippen molar-refractivity contribution >= 4 is 11.6 Å². The Bertz CT molecular complexity index is 599. The first kappa shape index (κ1) is 16.1. The van der Waals surface area contributed by atoms with Crippen molar-refractivity contribution in [2.75, 3.05) is 18.4 Å². The number of likely N-dealkylation sites (tertiary alicyclic amines) is 1. The van der Waals surface area contributed by atoms with Crippen molar-refractivity contribution in [1.82, 2.24) is 4.90 Å². The fourth-order valence-corrected chi connectivity index (χ4v) is 2.74. The number of nitriles is 1. The van der Waals surface area contributed by atoms with E-state index in [0.717, 1.165) is 42.7 Å². The van der Waals surface area contributed by atoms with E-state index < -0.39 is 0 Å². The molecule has 4 heteroatoms. The maximum atomic E-state index is 12.4. The molecule has 0 spiro atoms. The molecule has 4 nitrogen and oxygen atoms in total. The van der Waals surface area contributed by atoms with E-state index in [-0.39, 0.29) is 11.5 Å². The number of hydrogen-bond donors (Lipinski definition) is 1. The number of nitrogens with zero attached hydrogens (tertiary/aromatic N) is 2. The predicted octanol–water partition coefficient (Wildman–Crippen LogP) is 3.38. The highest BCUT2D eigenvalue weighted by Gasteiger charge is 2.22. The van der Waals surface area contributed by atoms with E-state index >= 15 is 0 Å². The van der Waals surface area contributed by atoms with Crippen LogP contribution >= 0.6 is 0 Å². The third-order valence-corrected chi connectivity index (χ3v) is 4.03. The molecule has 116 valence electrons. The fraction of sp³-hybridized carbons (Fsp3) is 0.444. The Hall–Kier alpha value is -2.28.